The summed E-state index contributed by atoms with van der Waals surface area (Å²) in [6.45, 7) is 0.0922. The zero-order valence-corrected chi connectivity index (χ0v) is 12.1. The molecule has 0 fully saturated rings. The summed E-state index contributed by atoms with van der Waals surface area (Å²) in [7, 11) is 0. The van der Waals surface area contributed by atoms with E-state index in [4.69, 9.17) is 9.15 Å². The highest BCUT2D eigenvalue weighted by molar-refractivity contribution is 5.82. The molecule has 0 bridgehead atoms. The lowest BCUT2D eigenvalue weighted by molar-refractivity contribution is -0.136. The third kappa shape index (κ3) is 3.40. The molecule has 124 valence electrons. The fraction of sp³-hybridized carbons (Fsp3) is 0.118. The summed E-state index contributed by atoms with van der Waals surface area (Å²) in [4.78, 5) is 11.3. The maximum absolute atomic E-state index is 13.0. The second-order valence-corrected chi connectivity index (χ2v) is 5.05. The van der Waals surface area contributed by atoms with Crippen molar-refractivity contribution in [1.29, 1.82) is 0 Å². The minimum absolute atomic E-state index is 0.0922. The van der Waals surface area contributed by atoms with Crippen molar-refractivity contribution in [1.82, 2.24) is 0 Å². The molecule has 0 unspecified atom stereocenters. The van der Waals surface area contributed by atoms with Crippen molar-refractivity contribution in [2.45, 2.75) is 12.8 Å². The first-order valence-electron chi connectivity index (χ1n) is 6.85. The van der Waals surface area contributed by atoms with Gasteiger partial charge in [0.15, 0.2) is 0 Å². The van der Waals surface area contributed by atoms with Crippen LogP contribution in [0.4, 0.5) is 17.6 Å². The molecule has 0 aliphatic carbocycles. The number of alkyl halides is 3. The van der Waals surface area contributed by atoms with Crippen LogP contribution in [0, 0.1) is 5.82 Å². The summed E-state index contributed by atoms with van der Waals surface area (Å²) >= 11 is 0. The third-order valence-corrected chi connectivity index (χ3v) is 3.34. The predicted molar refractivity (Wildman–Crippen MR) is 78.2 cm³/mol. The monoisotopic (exact) mass is 338 g/mol. The molecule has 0 N–H and O–H groups in total. The topological polar surface area (TPSA) is 39.4 Å². The van der Waals surface area contributed by atoms with Gasteiger partial charge in [0, 0.05) is 17.5 Å². The van der Waals surface area contributed by atoms with Gasteiger partial charge < -0.3 is 9.15 Å². The van der Waals surface area contributed by atoms with Crippen LogP contribution in [0.5, 0.6) is 5.75 Å². The first-order chi connectivity index (χ1) is 11.3. The first-order valence-corrected chi connectivity index (χ1v) is 6.85. The summed E-state index contributed by atoms with van der Waals surface area (Å²) in [6.07, 6.45) is -4.66. The minimum atomic E-state index is -4.66. The fourth-order valence-electron chi connectivity index (χ4n) is 2.21. The van der Waals surface area contributed by atoms with E-state index < -0.39 is 17.4 Å². The Morgan fingerprint density at radius 1 is 1.00 bits per heavy atom. The molecule has 1 heterocycles. The van der Waals surface area contributed by atoms with E-state index in [1.54, 1.807) is 0 Å². The lowest BCUT2D eigenvalue weighted by Crippen LogP contribution is -2.11. The molecule has 0 aliphatic heterocycles. The molecular formula is C17H10F4O3. The number of ether oxygens (including phenoxy) is 1. The van der Waals surface area contributed by atoms with E-state index in [0.29, 0.717) is 11.6 Å². The van der Waals surface area contributed by atoms with E-state index in [1.165, 1.54) is 42.5 Å². The lowest BCUT2D eigenvalue weighted by Gasteiger charge is -2.11. The molecule has 7 heteroatoms. The lowest BCUT2D eigenvalue weighted by atomic mass is 10.1. The van der Waals surface area contributed by atoms with Gasteiger partial charge in [-0.25, -0.2) is 9.18 Å². The molecule has 2 aromatic carbocycles. The number of halogens is 4. The molecule has 3 aromatic rings. The van der Waals surface area contributed by atoms with Gasteiger partial charge >= 0.3 is 11.8 Å². The van der Waals surface area contributed by atoms with E-state index >= 15 is 0 Å². The van der Waals surface area contributed by atoms with E-state index in [0.717, 1.165) is 0 Å². The SMILES string of the molecule is O=c1cc(C(F)(F)F)c2ccc(OCc3ccc(F)cc3)cc2o1. The van der Waals surface area contributed by atoms with Crippen molar-refractivity contribution in [2.24, 2.45) is 0 Å². The summed E-state index contributed by atoms with van der Waals surface area (Å²) in [6, 6.07) is 9.76. The van der Waals surface area contributed by atoms with Crippen molar-refractivity contribution >= 4 is 11.0 Å². The van der Waals surface area contributed by atoms with Crippen molar-refractivity contribution in [3.63, 3.8) is 0 Å². The van der Waals surface area contributed by atoms with Crippen molar-refractivity contribution in [3.8, 4) is 5.75 Å². The average Bonchev–Trinajstić information content (AvgIpc) is 2.52. The molecule has 0 saturated heterocycles. The summed E-state index contributed by atoms with van der Waals surface area (Å²) in [5.41, 5.74) is -1.68. The van der Waals surface area contributed by atoms with Crippen LogP contribution >= 0.6 is 0 Å². The largest absolute Gasteiger partial charge is 0.489 e. The molecule has 0 radical (unpaired) electrons. The van der Waals surface area contributed by atoms with E-state index in [2.05, 4.69) is 0 Å². The summed E-state index contributed by atoms with van der Waals surface area (Å²) < 4.78 is 62.0. The van der Waals surface area contributed by atoms with Crippen LogP contribution in [0.15, 0.2) is 57.7 Å². The van der Waals surface area contributed by atoms with E-state index in [-0.39, 0.29) is 29.1 Å². The number of benzene rings is 2. The summed E-state index contributed by atoms with van der Waals surface area (Å²) in [5, 5.41) is -0.226. The van der Waals surface area contributed by atoms with Gasteiger partial charge in [0.1, 0.15) is 23.8 Å². The molecule has 0 saturated carbocycles. The van der Waals surface area contributed by atoms with Crippen LogP contribution < -0.4 is 10.4 Å². The zero-order chi connectivity index (χ0) is 17.3. The van der Waals surface area contributed by atoms with Gasteiger partial charge in [-0.2, -0.15) is 13.2 Å². The van der Waals surface area contributed by atoms with E-state index in [1.807, 2.05) is 0 Å². The Kier molecular flexibility index (Phi) is 4.01. The average molecular weight is 338 g/mol. The number of fused-ring (bicyclic) bond motifs is 1. The minimum Gasteiger partial charge on any atom is -0.489 e. The second-order valence-electron chi connectivity index (χ2n) is 5.05. The Morgan fingerprint density at radius 3 is 2.38 bits per heavy atom. The van der Waals surface area contributed by atoms with Crippen molar-refractivity contribution < 1.29 is 26.7 Å². The van der Waals surface area contributed by atoms with Gasteiger partial charge in [0.05, 0.1) is 5.56 Å². The maximum atomic E-state index is 13.0. The fourth-order valence-corrected chi connectivity index (χ4v) is 2.21. The molecule has 3 rings (SSSR count). The highest BCUT2D eigenvalue weighted by atomic mass is 19.4. The van der Waals surface area contributed by atoms with Crippen molar-refractivity contribution in [2.75, 3.05) is 0 Å². The van der Waals surface area contributed by atoms with Gasteiger partial charge in [-0.1, -0.05) is 12.1 Å². The summed E-state index contributed by atoms with van der Waals surface area (Å²) in [5.74, 6) is -0.153. The first kappa shape index (κ1) is 16.0. The second kappa shape index (κ2) is 5.99. The van der Waals surface area contributed by atoms with Gasteiger partial charge in [-0.3, -0.25) is 0 Å². The van der Waals surface area contributed by atoms with Crippen LogP contribution in [-0.2, 0) is 12.8 Å². The molecule has 1 aromatic heterocycles. The van der Waals surface area contributed by atoms with Crippen LogP contribution in [0.1, 0.15) is 11.1 Å². The zero-order valence-electron chi connectivity index (χ0n) is 12.1. The van der Waals surface area contributed by atoms with Crippen LogP contribution in [0.2, 0.25) is 0 Å². The highest BCUT2D eigenvalue weighted by Crippen LogP contribution is 2.34. The molecular weight excluding hydrogens is 328 g/mol. The normalized spacial score (nSPS) is 11.7. The van der Waals surface area contributed by atoms with Crippen LogP contribution in [-0.4, -0.2) is 0 Å². The highest BCUT2D eigenvalue weighted by Gasteiger charge is 2.33. The Labute approximate surface area is 133 Å². The Morgan fingerprint density at radius 2 is 1.71 bits per heavy atom. The molecule has 0 spiro atoms. The predicted octanol–water partition coefficient (Wildman–Crippen LogP) is 4.53. The Bertz CT molecular complexity index is 927. The molecule has 3 nitrogen and oxygen atoms in total. The van der Waals surface area contributed by atoms with Gasteiger partial charge in [0.2, 0.25) is 0 Å². The van der Waals surface area contributed by atoms with Crippen LogP contribution in [0.25, 0.3) is 11.0 Å². The number of rotatable bonds is 3. The van der Waals surface area contributed by atoms with E-state index in [9.17, 15) is 22.4 Å². The van der Waals surface area contributed by atoms with Gasteiger partial charge in [-0.15, -0.1) is 0 Å². The molecule has 24 heavy (non-hydrogen) atoms. The van der Waals surface area contributed by atoms with Crippen molar-refractivity contribution in [3.05, 3.63) is 75.9 Å². The molecule has 0 amide bonds. The Balaban J connectivity index is 1.91. The standard InChI is InChI=1S/C17H10F4O3/c18-11-3-1-10(2-4-11)9-23-12-5-6-13-14(17(19,20)21)8-16(22)24-15(13)7-12/h1-8H,9H2. The number of hydrogen-bond acceptors (Lipinski definition) is 3. The maximum Gasteiger partial charge on any atom is 0.417 e. The van der Waals surface area contributed by atoms with Gasteiger partial charge in [0.25, 0.3) is 0 Å². The van der Waals surface area contributed by atoms with Gasteiger partial charge in [-0.05, 0) is 29.8 Å². The molecule has 0 atom stereocenters. The Hall–Kier alpha value is -2.83. The smallest absolute Gasteiger partial charge is 0.417 e. The van der Waals surface area contributed by atoms with Crippen LogP contribution in [0.3, 0.4) is 0 Å². The quantitative estimate of drug-likeness (QED) is 0.520. The number of hydrogen-bond donors (Lipinski definition) is 0. The third-order valence-electron chi connectivity index (χ3n) is 3.34. The molecule has 0 aliphatic rings.